The summed E-state index contributed by atoms with van der Waals surface area (Å²) in [5, 5.41) is 8.70. The highest BCUT2D eigenvalue weighted by atomic mass is 32.1. The number of anilines is 1. The third kappa shape index (κ3) is 4.41. The first-order valence-corrected chi connectivity index (χ1v) is 6.18. The van der Waals surface area contributed by atoms with Crippen molar-refractivity contribution < 1.29 is 17.9 Å². The van der Waals surface area contributed by atoms with Gasteiger partial charge in [0.2, 0.25) is 10.1 Å². The number of halogens is 3. The highest BCUT2D eigenvalue weighted by Crippen LogP contribution is 2.33. The van der Waals surface area contributed by atoms with Crippen molar-refractivity contribution in [2.45, 2.75) is 45.0 Å². The minimum atomic E-state index is -4.44. The van der Waals surface area contributed by atoms with Gasteiger partial charge in [-0.25, -0.2) is 0 Å². The Kier molecular flexibility index (Phi) is 4.55. The van der Waals surface area contributed by atoms with Gasteiger partial charge in [-0.2, -0.15) is 13.2 Å². The number of ether oxygens (including phenoxy) is 1. The van der Waals surface area contributed by atoms with E-state index in [1.165, 1.54) is 0 Å². The lowest BCUT2D eigenvalue weighted by Crippen LogP contribution is -2.31. The molecule has 1 unspecified atom stereocenters. The van der Waals surface area contributed by atoms with Crippen molar-refractivity contribution >= 4 is 16.5 Å². The Bertz CT molecular complexity index is 392. The number of methoxy groups -OCH3 is 1. The first-order chi connectivity index (χ1) is 8.14. The van der Waals surface area contributed by atoms with E-state index in [4.69, 9.17) is 4.74 Å². The van der Waals surface area contributed by atoms with Gasteiger partial charge in [-0.3, -0.25) is 0 Å². The summed E-state index contributed by atoms with van der Waals surface area (Å²) in [6, 6.07) is -0.0611. The zero-order valence-electron chi connectivity index (χ0n) is 10.6. The van der Waals surface area contributed by atoms with Gasteiger partial charge in [-0.05, 0) is 27.2 Å². The van der Waals surface area contributed by atoms with E-state index in [0.717, 1.165) is 0 Å². The van der Waals surface area contributed by atoms with E-state index >= 15 is 0 Å². The second-order valence-corrected chi connectivity index (χ2v) is 5.60. The topological polar surface area (TPSA) is 47.0 Å². The smallest absolute Gasteiger partial charge is 0.379 e. The fourth-order valence-corrected chi connectivity index (χ4v) is 2.20. The summed E-state index contributed by atoms with van der Waals surface area (Å²) in [6.07, 6.45) is -3.79. The summed E-state index contributed by atoms with van der Waals surface area (Å²) in [4.78, 5) is 0. The first-order valence-electron chi connectivity index (χ1n) is 5.36. The predicted molar refractivity (Wildman–Crippen MR) is 63.7 cm³/mol. The van der Waals surface area contributed by atoms with Crippen LogP contribution in [0.3, 0.4) is 0 Å². The molecule has 1 heterocycles. The van der Waals surface area contributed by atoms with Crippen LogP contribution in [0, 0.1) is 0 Å². The molecule has 0 aliphatic carbocycles. The average molecular weight is 283 g/mol. The van der Waals surface area contributed by atoms with E-state index < -0.39 is 11.2 Å². The summed E-state index contributed by atoms with van der Waals surface area (Å²) in [5.74, 6) is 0. The molecule has 0 aliphatic rings. The van der Waals surface area contributed by atoms with Gasteiger partial charge in [0, 0.05) is 13.2 Å². The molecule has 0 bridgehead atoms. The zero-order chi connectivity index (χ0) is 14.0. The largest absolute Gasteiger partial charge is 0.445 e. The van der Waals surface area contributed by atoms with Crippen LogP contribution in [-0.2, 0) is 10.9 Å². The average Bonchev–Trinajstić information content (AvgIpc) is 2.64. The maximum Gasteiger partial charge on any atom is 0.445 e. The highest BCUT2D eigenvalue weighted by Gasteiger charge is 2.35. The lowest BCUT2D eigenvalue weighted by Gasteiger charge is -2.26. The minimum Gasteiger partial charge on any atom is -0.379 e. The lowest BCUT2D eigenvalue weighted by molar-refractivity contribution is -0.138. The van der Waals surface area contributed by atoms with E-state index in [0.29, 0.717) is 17.8 Å². The quantitative estimate of drug-likeness (QED) is 0.901. The van der Waals surface area contributed by atoms with Crippen LogP contribution in [0.4, 0.5) is 18.3 Å². The maximum absolute atomic E-state index is 12.3. The van der Waals surface area contributed by atoms with Gasteiger partial charge in [-0.1, -0.05) is 11.3 Å². The zero-order valence-corrected chi connectivity index (χ0v) is 11.4. The van der Waals surface area contributed by atoms with Gasteiger partial charge in [0.25, 0.3) is 0 Å². The van der Waals surface area contributed by atoms with Crippen LogP contribution in [0.5, 0.6) is 0 Å². The van der Waals surface area contributed by atoms with E-state index in [1.807, 2.05) is 20.8 Å². The number of rotatable bonds is 5. The molecule has 4 nitrogen and oxygen atoms in total. The van der Waals surface area contributed by atoms with Crippen molar-refractivity contribution in [2.24, 2.45) is 0 Å². The number of alkyl halides is 3. The maximum atomic E-state index is 12.3. The molecule has 18 heavy (non-hydrogen) atoms. The molecular weight excluding hydrogens is 267 g/mol. The van der Waals surface area contributed by atoms with Crippen molar-refractivity contribution in [2.75, 3.05) is 12.4 Å². The molecule has 0 aromatic carbocycles. The molecule has 0 aliphatic heterocycles. The molecule has 8 heteroatoms. The van der Waals surface area contributed by atoms with Crippen molar-refractivity contribution in [3.8, 4) is 0 Å². The van der Waals surface area contributed by atoms with Crippen LogP contribution in [0.15, 0.2) is 0 Å². The number of nitrogens with zero attached hydrogens (tertiary/aromatic N) is 2. The van der Waals surface area contributed by atoms with Gasteiger partial charge < -0.3 is 10.1 Å². The number of aromatic nitrogens is 2. The Morgan fingerprint density at radius 1 is 1.33 bits per heavy atom. The first kappa shape index (κ1) is 15.2. The molecule has 1 rings (SSSR count). The fraction of sp³-hybridized carbons (Fsp3) is 0.800. The van der Waals surface area contributed by atoms with E-state index in [-0.39, 0.29) is 16.8 Å². The summed E-state index contributed by atoms with van der Waals surface area (Å²) < 4.78 is 42.2. The Hall–Kier alpha value is -0.890. The number of nitrogens with one attached hydrogen (secondary N) is 1. The molecule has 0 saturated heterocycles. The normalized spacial score (nSPS) is 14.6. The van der Waals surface area contributed by atoms with Crippen LogP contribution in [0.2, 0.25) is 0 Å². The Labute approximate surface area is 108 Å². The van der Waals surface area contributed by atoms with Crippen molar-refractivity contribution in [1.29, 1.82) is 0 Å². The van der Waals surface area contributed by atoms with Crippen molar-refractivity contribution in [1.82, 2.24) is 10.2 Å². The van der Waals surface area contributed by atoms with Gasteiger partial charge in [0.1, 0.15) is 0 Å². The molecule has 0 spiro atoms. The molecule has 0 fully saturated rings. The lowest BCUT2D eigenvalue weighted by atomic mass is 10.0. The molecule has 0 radical (unpaired) electrons. The van der Waals surface area contributed by atoms with Crippen molar-refractivity contribution in [3.05, 3.63) is 5.01 Å². The van der Waals surface area contributed by atoms with Gasteiger partial charge in [0.15, 0.2) is 0 Å². The van der Waals surface area contributed by atoms with E-state index in [1.54, 1.807) is 7.11 Å². The second kappa shape index (κ2) is 5.40. The molecule has 104 valence electrons. The predicted octanol–water partition coefficient (Wildman–Crippen LogP) is 3.17. The van der Waals surface area contributed by atoms with Crippen LogP contribution in [0.25, 0.3) is 0 Å². The van der Waals surface area contributed by atoms with Crippen LogP contribution >= 0.6 is 11.3 Å². The molecular formula is C10H16F3N3OS. The molecule has 0 amide bonds. The third-order valence-corrected chi connectivity index (χ3v) is 3.29. The Balaban J connectivity index is 2.60. The standard InChI is InChI=1S/C10H16F3N3OS/c1-6(5-9(2,3)17-4)14-8-16-15-7(18-8)10(11,12)13/h6H,5H2,1-4H3,(H,14,16). The Morgan fingerprint density at radius 3 is 2.39 bits per heavy atom. The second-order valence-electron chi connectivity index (χ2n) is 4.62. The van der Waals surface area contributed by atoms with Gasteiger partial charge >= 0.3 is 6.18 Å². The molecule has 1 aromatic rings. The van der Waals surface area contributed by atoms with Crippen LogP contribution < -0.4 is 5.32 Å². The van der Waals surface area contributed by atoms with Crippen molar-refractivity contribution in [3.63, 3.8) is 0 Å². The highest BCUT2D eigenvalue weighted by molar-refractivity contribution is 7.15. The van der Waals surface area contributed by atoms with Crippen LogP contribution in [-0.4, -0.2) is 29.0 Å². The molecule has 1 N–H and O–H groups in total. The molecule has 1 atom stereocenters. The summed E-state index contributed by atoms with van der Waals surface area (Å²) >= 11 is 0.503. The molecule has 1 aromatic heterocycles. The van der Waals surface area contributed by atoms with E-state index in [2.05, 4.69) is 15.5 Å². The summed E-state index contributed by atoms with van der Waals surface area (Å²) in [6.45, 7) is 5.67. The monoisotopic (exact) mass is 283 g/mol. The number of hydrogen-bond donors (Lipinski definition) is 1. The Morgan fingerprint density at radius 2 is 1.94 bits per heavy atom. The van der Waals surface area contributed by atoms with Gasteiger partial charge in [0.05, 0.1) is 5.60 Å². The third-order valence-electron chi connectivity index (χ3n) is 2.39. The van der Waals surface area contributed by atoms with Gasteiger partial charge in [-0.15, -0.1) is 10.2 Å². The number of hydrogen-bond acceptors (Lipinski definition) is 5. The SMILES string of the molecule is COC(C)(C)CC(C)Nc1nnc(C(F)(F)F)s1. The summed E-state index contributed by atoms with van der Waals surface area (Å²) in [5.41, 5.74) is -0.343. The molecule has 0 saturated carbocycles. The van der Waals surface area contributed by atoms with E-state index in [9.17, 15) is 13.2 Å². The van der Waals surface area contributed by atoms with Crippen LogP contribution in [0.1, 0.15) is 32.2 Å². The minimum absolute atomic E-state index is 0.0611. The summed E-state index contributed by atoms with van der Waals surface area (Å²) in [7, 11) is 1.60. The fourth-order valence-electron chi connectivity index (χ4n) is 1.48.